The highest BCUT2D eigenvalue weighted by atomic mass is 16.2. The molecule has 0 atom stereocenters. The normalized spacial score (nSPS) is 10.4. The van der Waals surface area contributed by atoms with Gasteiger partial charge in [0.2, 0.25) is 0 Å². The number of rotatable bonds is 7. The van der Waals surface area contributed by atoms with Crippen LogP contribution in [0.5, 0.6) is 0 Å². The van der Waals surface area contributed by atoms with Crippen LogP contribution in [0.3, 0.4) is 0 Å². The van der Waals surface area contributed by atoms with Crippen molar-refractivity contribution in [1.82, 2.24) is 14.9 Å². The third-order valence-corrected chi connectivity index (χ3v) is 4.69. The minimum Gasteiger partial charge on any atom is -0.340 e. The first-order valence-electron chi connectivity index (χ1n) is 9.57. The summed E-state index contributed by atoms with van der Waals surface area (Å²) >= 11 is 0. The number of aromatic nitrogens is 2. The maximum atomic E-state index is 12.7. The summed E-state index contributed by atoms with van der Waals surface area (Å²) in [6.07, 6.45) is 6.61. The molecule has 0 unspecified atom stereocenters. The van der Waals surface area contributed by atoms with Gasteiger partial charge in [0, 0.05) is 43.4 Å². The third-order valence-electron chi connectivity index (χ3n) is 4.69. The number of nitrogens with one attached hydrogen (secondary N) is 1. The molecule has 0 aliphatic carbocycles. The third kappa shape index (κ3) is 5.48. The topological polar surface area (TPSA) is 75.2 Å². The van der Waals surface area contributed by atoms with E-state index in [1.807, 2.05) is 36.4 Å². The van der Waals surface area contributed by atoms with Crippen molar-refractivity contribution in [2.75, 3.05) is 18.9 Å². The lowest BCUT2D eigenvalue weighted by atomic mass is 10.1. The van der Waals surface area contributed by atoms with Crippen LogP contribution in [0.2, 0.25) is 0 Å². The Bertz CT molecular complexity index is 972. The summed E-state index contributed by atoms with van der Waals surface area (Å²) in [5.41, 5.74) is 3.66. The molecule has 6 nitrogen and oxygen atoms in total. The van der Waals surface area contributed by atoms with Crippen molar-refractivity contribution in [3.05, 3.63) is 89.5 Å². The molecule has 1 aromatic carbocycles. The Morgan fingerprint density at radius 3 is 2.38 bits per heavy atom. The van der Waals surface area contributed by atoms with Gasteiger partial charge < -0.3 is 10.2 Å². The largest absolute Gasteiger partial charge is 0.340 e. The molecule has 1 N–H and O–H groups in total. The molecule has 3 rings (SSSR count). The molecule has 3 aromatic rings. The van der Waals surface area contributed by atoms with Crippen LogP contribution in [-0.4, -0.2) is 40.3 Å². The van der Waals surface area contributed by atoms with Gasteiger partial charge in [-0.3, -0.25) is 19.6 Å². The van der Waals surface area contributed by atoms with Gasteiger partial charge >= 0.3 is 0 Å². The van der Waals surface area contributed by atoms with E-state index >= 15 is 0 Å². The first-order chi connectivity index (χ1) is 14.1. The van der Waals surface area contributed by atoms with Crippen LogP contribution in [0.15, 0.2) is 67.1 Å². The lowest BCUT2D eigenvalue weighted by Crippen LogP contribution is -2.29. The summed E-state index contributed by atoms with van der Waals surface area (Å²) in [5, 5.41) is 2.85. The van der Waals surface area contributed by atoms with Gasteiger partial charge in [0.05, 0.1) is 0 Å². The summed E-state index contributed by atoms with van der Waals surface area (Å²) < 4.78 is 0. The van der Waals surface area contributed by atoms with E-state index in [0.717, 1.165) is 18.4 Å². The summed E-state index contributed by atoms with van der Waals surface area (Å²) in [5.74, 6) is -0.494. The van der Waals surface area contributed by atoms with Crippen LogP contribution in [0.25, 0.3) is 0 Å². The van der Waals surface area contributed by atoms with Crippen LogP contribution in [0.1, 0.15) is 38.9 Å². The number of hydrogen-bond acceptors (Lipinski definition) is 4. The van der Waals surface area contributed by atoms with Gasteiger partial charge in [-0.1, -0.05) is 19.1 Å². The van der Waals surface area contributed by atoms with Crippen LogP contribution in [-0.2, 0) is 12.8 Å². The highest BCUT2D eigenvalue weighted by molar-refractivity contribution is 6.05. The second-order valence-corrected chi connectivity index (χ2v) is 6.77. The summed E-state index contributed by atoms with van der Waals surface area (Å²) in [7, 11) is 1.73. The van der Waals surface area contributed by atoms with E-state index in [1.165, 1.54) is 17.8 Å². The molecular weight excluding hydrogens is 364 g/mol. The van der Waals surface area contributed by atoms with Gasteiger partial charge in [-0.05, 0) is 60.4 Å². The van der Waals surface area contributed by atoms with Crippen molar-refractivity contribution >= 4 is 17.5 Å². The Kier molecular flexibility index (Phi) is 6.68. The quantitative estimate of drug-likeness (QED) is 0.671. The molecule has 0 saturated heterocycles. The number of benzene rings is 1. The predicted molar refractivity (Wildman–Crippen MR) is 113 cm³/mol. The number of aryl methyl sites for hydroxylation is 1. The zero-order valence-electron chi connectivity index (χ0n) is 16.6. The first kappa shape index (κ1) is 20.2. The Morgan fingerprint density at radius 2 is 1.69 bits per heavy atom. The minimum atomic E-state index is -0.273. The Labute approximate surface area is 170 Å². The standard InChI is InChI=1S/C23H24N4O2/c1-3-17-4-6-20(7-5-17)26-22(28)19-10-14-25-21(16-19)23(29)27(2)15-11-18-8-12-24-13-9-18/h4-10,12-14,16H,3,11,15H2,1-2H3,(H,26,28). The first-order valence-corrected chi connectivity index (χ1v) is 9.57. The maximum Gasteiger partial charge on any atom is 0.272 e. The molecule has 2 amide bonds. The Balaban J connectivity index is 1.64. The lowest BCUT2D eigenvalue weighted by Gasteiger charge is -2.17. The van der Waals surface area contributed by atoms with Crippen LogP contribution in [0.4, 0.5) is 5.69 Å². The zero-order chi connectivity index (χ0) is 20.6. The van der Waals surface area contributed by atoms with Gasteiger partial charge in [-0.2, -0.15) is 0 Å². The monoisotopic (exact) mass is 388 g/mol. The minimum absolute atomic E-state index is 0.221. The maximum absolute atomic E-state index is 12.7. The summed E-state index contributed by atoms with van der Waals surface area (Å²) in [4.78, 5) is 35.0. The second kappa shape index (κ2) is 9.59. The van der Waals surface area contributed by atoms with E-state index < -0.39 is 0 Å². The number of nitrogens with zero attached hydrogens (tertiary/aromatic N) is 3. The van der Waals surface area contributed by atoms with Crippen molar-refractivity contribution < 1.29 is 9.59 Å². The number of pyridine rings is 2. The smallest absolute Gasteiger partial charge is 0.272 e. The number of carbonyl (C=O) groups excluding carboxylic acids is 2. The molecule has 2 aromatic heterocycles. The van der Waals surface area contributed by atoms with Gasteiger partial charge in [-0.25, -0.2) is 0 Å². The van der Waals surface area contributed by atoms with Gasteiger partial charge in [0.15, 0.2) is 0 Å². The Hall–Kier alpha value is -3.54. The molecule has 0 fully saturated rings. The molecule has 0 spiro atoms. The van der Waals surface area contributed by atoms with Crippen molar-refractivity contribution in [3.63, 3.8) is 0 Å². The SMILES string of the molecule is CCc1ccc(NC(=O)c2ccnc(C(=O)N(C)CCc3ccncc3)c2)cc1. The molecule has 6 heteroatoms. The molecule has 0 bridgehead atoms. The number of anilines is 1. The van der Waals surface area contributed by atoms with Crippen molar-refractivity contribution in [2.24, 2.45) is 0 Å². The summed E-state index contributed by atoms with van der Waals surface area (Å²) in [6, 6.07) is 14.7. The van der Waals surface area contributed by atoms with E-state index in [4.69, 9.17) is 0 Å². The van der Waals surface area contributed by atoms with Crippen LogP contribution < -0.4 is 5.32 Å². The highest BCUT2D eigenvalue weighted by Crippen LogP contribution is 2.13. The Morgan fingerprint density at radius 1 is 0.966 bits per heavy atom. The summed E-state index contributed by atoms with van der Waals surface area (Å²) in [6.45, 7) is 2.63. The van der Waals surface area contributed by atoms with Gasteiger partial charge in [0.25, 0.3) is 11.8 Å². The van der Waals surface area contributed by atoms with E-state index in [9.17, 15) is 9.59 Å². The van der Waals surface area contributed by atoms with Crippen molar-refractivity contribution in [2.45, 2.75) is 19.8 Å². The molecule has 148 valence electrons. The number of likely N-dealkylation sites (N-methyl/N-ethyl adjacent to an activating group) is 1. The van der Waals surface area contributed by atoms with Crippen molar-refractivity contribution in [1.29, 1.82) is 0 Å². The highest BCUT2D eigenvalue weighted by Gasteiger charge is 2.16. The van der Waals surface area contributed by atoms with E-state index in [-0.39, 0.29) is 17.5 Å². The molecule has 2 heterocycles. The average Bonchev–Trinajstić information content (AvgIpc) is 2.78. The number of carbonyl (C=O) groups is 2. The second-order valence-electron chi connectivity index (χ2n) is 6.77. The zero-order valence-corrected chi connectivity index (χ0v) is 16.6. The molecule has 0 saturated carbocycles. The lowest BCUT2D eigenvalue weighted by molar-refractivity contribution is 0.0791. The van der Waals surface area contributed by atoms with E-state index in [1.54, 1.807) is 30.4 Å². The van der Waals surface area contributed by atoms with E-state index in [2.05, 4.69) is 22.2 Å². The molecular formula is C23H24N4O2. The number of hydrogen-bond donors (Lipinski definition) is 1. The fourth-order valence-electron chi connectivity index (χ4n) is 2.86. The van der Waals surface area contributed by atoms with Crippen LogP contribution in [0, 0.1) is 0 Å². The van der Waals surface area contributed by atoms with Gasteiger partial charge in [0.1, 0.15) is 5.69 Å². The fraction of sp³-hybridized carbons (Fsp3) is 0.217. The van der Waals surface area contributed by atoms with E-state index in [0.29, 0.717) is 17.8 Å². The molecule has 0 aliphatic heterocycles. The van der Waals surface area contributed by atoms with Gasteiger partial charge in [-0.15, -0.1) is 0 Å². The van der Waals surface area contributed by atoms with Crippen LogP contribution >= 0.6 is 0 Å². The molecule has 29 heavy (non-hydrogen) atoms. The fourth-order valence-corrected chi connectivity index (χ4v) is 2.86. The average molecular weight is 388 g/mol. The van der Waals surface area contributed by atoms with Crippen molar-refractivity contribution in [3.8, 4) is 0 Å². The number of amides is 2. The molecule has 0 aliphatic rings. The molecule has 0 radical (unpaired) electrons. The predicted octanol–water partition coefficient (Wildman–Crippen LogP) is 3.61.